The Labute approximate surface area is 154 Å². The van der Waals surface area contributed by atoms with E-state index in [-0.39, 0.29) is 17.9 Å². The molecule has 144 valence electrons. The number of nitrogens with two attached hydrogens (primary N) is 1. The van der Waals surface area contributed by atoms with Gasteiger partial charge in [0.1, 0.15) is 17.1 Å². The number of nitrogens with zero attached hydrogens (tertiary/aromatic N) is 1. The van der Waals surface area contributed by atoms with Gasteiger partial charge in [0.15, 0.2) is 6.61 Å². The molecule has 3 N–H and O–H groups in total. The number of ether oxygens (including phenoxy) is 2. The number of hydrogen-bond acceptors (Lipinski definition) is 7. The number of nitrogens with one attached hydrogen (secondary N) is 1. The standard InChI is InChI=1S/C18H21N3O6/c1-4-7-21-15(19)14(16(23)20-18(21)25)12(22)9-27-17(24)11-6-5-10(2)13(8-11)26-3/h5-6,8H,4,7,9,19H2,1-3H3,(H,20,23,25). The maximum absolute atomic E-state index is 12.3. The summed E-state index contributed by atoms with van der Waals surface area (Å²) in [5.41, 5.74) is 4.83. The van der Waals surface area contributed by atoms with Crippen molar-refractivity contribution in [2.75, 3.05) is 19.5 Å². The van der Waals surface area contributed by atoms with Crippen LogP contribution in [-0.2, 0) is 11.3 Å². The number of H-pyrrole nitrogens is 1. The van der Waals surface area contributed by atoms with Gasteiger partial charge in [-0.1, -0.05) is 13.0 Å². The van der Waals surface area contributed by atoms with Gasteiger partial charge in [0.05, 0.1) is 12.7 Å². The lowest BCUT2D eigenvalue weighted by Gasteiger charge is -2.11. The molecule has 1 aromatic heterocycles. The molecule has 1 aromatic carbocycles. The van der Waals surface area contributed by atoms with Crippen LogP contribution in [0.5, 0.6) is 5.75 Å². The zero-order chi connectivity index (χ0) is 20.1. The molecule has 1 heterocycles. The number of Topliss-reactive ketones (excluding diaryl/α,β-unsaturated/α-hetero) is 1. The Morgan fingerprint density at radius 3 is 2.59 bits per heavy atom. The van der Waals surface area contributed by atoms with Crippen LogP contribution in [0.3, 0.4) is 0 Å². The Kier molecular flexibility index (Phi) is 6.17. The molecule has 9 heteroatoms. The maximum atomic E-state index is 12.3. The van der Waals surface area contributed by atoms with Crippen molar-refractivity contribution in [1.29, 1.82) is 0 Å². The monoisotopic (exact) mass is 375 g/mol. The van der Waals surface area contributed by atoms with Crippen LogP contribution in [0, 0.1) is 6.92 Å². The molecule has 0 saturated heterocycles. The molecule has 0 aliphatic carbocycles. The van der Waals surface area contributed by atoms with Crippen molar-refractivity contribution in [3.63, 3.8) is 0 Å². The summed E-state index contributed by atoms with van der Waals surface area (Å²) in [5, 5.41) is 0. The van der Waals surface area contributed by atoms with Gasteiger partial charge in [0.2, 0.25) is 5.78 Å². The molecular formula is C18H21N3O6. The predicted molar refractivity (Wildman–Crippen MR) is 98.4 cm³/mol. The number of aromatic amines is 1. The minimum Gasteiger partial charge on any atom is -0.496 e. The first-order chi connectivity index (χ1) is 12.8. The van der Waals surface area contributed by atoms with Gasteiger partial charge < -0.3 is 15.2 Å². The number of carbonyl (C=O) groups excluding carboxylic acids is 2. The third-order valence-corrected chi connectivity index (χ3v) is 3.94. The molecule has 27 heavy (non-hydrogen) atoms. The summed E-state index contributed by atoms with van der Waals surface area (Å²) in [5.74, 6) is -1.30. The van der Waals surface area contributed by atoms with E-state index in [1.807, 2.05) is 18.8 Å². The van der Waals surface area contributed by atoms with Crippen molar-refractivity contribution in [2.45, 2.75) is 26.8 Å². The molecule has 2 rings (SSSR count). The second-order valence-corrected chi connectivity index (χ2v) is 5.85. The van der Waals surface area contributed by atoms with Crippen LogP contribution < -0.4 is 21.7 Å². The minimum absolute atomic E-state index is 0.197. The van der Waals surface area contributed by atoms with Crippen LogP contribution in [-0.4, -0.2) is 35.0 Å². The fraction of sp³-hybridized carbons (Fsp3) is 0.333. The highest BCUT2D eigenvalue weighted by Gasteiger charge is 2.21. The number of nitrogen functional groups attached to an aromatic ring is 1. The van der Waals surface area contributed by atoms with Gasteiger partial charge in [0, 0.05) is 6.54 Å². The number of rotatable bonds is 7. The van der Waals surface area contributed by atoms with E-state index in [9.17, 15) is 19.2 Å². The van der Waals surface area contributed by atoms with Gasteiger partial charge in [-0.3, -0.25) is 19.1 Å². The van der Waals surface area contributed by atoms with Crippen molar-refractivity contribution >= 4 is 17.6 Å². The zero-order valence-electron chi connectivity index (χ0n) is 15.3. The first kappa shape index (κ1) is 20.0. The molecular weight excluding hydrogens is 354 g/mol. The molecule has 0 atom stereocenters. The summed E-state index contributed by atoms with van der Waals surface area (Å²) < 4.78 is 11.2. The van der Waals surface area contributed by atoms with Gasteiger partial charge in [-0.25, -0.2) is 9.59 Å². The topological polar surface area (TPSA) is 133 Å². The molecule has 0 aliphatic heterocycles. The van der Waals surface area contributed by atoms with E-state index in [0.717, 1.165) is 10.1 Å². The fourth-order valence-corrected chi connectivity index (χ4v) is 2.54. The lowest BCUT2D eigenvalue weighted by Crippen LogP contribution is -2.37. The highest BCUT2D eigenvalue weighted by molar-refractivity contribution is 6.02. The van der Waals surface area contributed by atoms with Crippen LogP contribution in [0.4, 0.5) is 5.82 Å². The summed E-state index contributed by atoms with van der Waals surface area (Å²) in [6, 6.07) is 4.71. The smallest absolute Gasteiger partial charge is 0.338 e. The largest absolute Gasteiger partial charge is 0.496 e. The van der Waals surface area contributed by atoms with Crippen molar-refractivity contribution in [3.05, 3.63) is 55.7 Å². The molecule has 0 amide bonds. The van der Waals surface area contributed by atoms with Crippen LogP contribution in [0.15, 0.2) is 27.8 Å². The molecule has 0 spiro atoms. The summed E-state index contributed by atoms with van der Waals surface area (Å²) in [7, 11) is 1.47. The van der Waals surface area contributed by atoms with Crippen LogP contribution in [0.2, 0.25) is 0 Å². The van der Waals surface area contributed by atoms with Gasteiger partial charge in [0.25, 0.3) is 5.56 Å². The van der Waals surface area contributed by atoms with E-state index in [4.69, 9.17) is 15.2 Å². The number of hydrogen-bond donors (Lipinski definition) is 2. The molecule has 2 aromatic rings. The van der Waals surface area contributed by atoms with Crippen LogP contribution >= 0.6 is 0 Å². The number of anilines is 1. The van der Waals surface area contributed by atoms with E-state index in [1.54, 1.807) is 6.07 Å². The number of methoxy groups -OCH3 is 1. The summed E-state index contributed by atoms with van der Waals surface area (Å²) in [6.07, 6.45) is 0.577. The molecule has 0 radical (unpaired) electrons. The van der Waals surface area contributed by atoms with Gasteiger partial charge in [-0.2, -0.15) is 0 Å². The summed E-state index contributed by atoms with van der Waals surface area (Å²) in [6.45, 7) is 3.19. The van der Waals surface area contributed by atoms with E-state index in [1.165, 1.54) is 19.2 Å². The fourth-order valence-electron chi connectivity index (χ4n) is 2.54. The Hall–Kier alpha value is -3.36. The number of carbonyl (C=O) groups is 2. The van der Waals surface area contributed by atoms with Crippen LogP contribution in [0.1, 0.15) is 39.6 Å². The lowest BCUT2D eigenvalue weighted by atomic mass is 10.1. The lowest BCUT2D eigenvalue weighted by molar-refractivity contribution is 0.0474. The number of aromatic nitrogens is 2. The maximum Gasteiger partial charge on any atom is 0.338 e. The van der Waals surface area contributed by atoms with Crippen molar-refractivity contribution in [1.82, 2.24) is 9.55 Å². The Morgan fingerprint density at radius 2 is 1.96 bits per heavy atom. The Bertz CT molecular complexity index is 990. The Morgan fingerprint density at radius 1 is 1.26 bits per heavy atom. The third kappa shape index (κ3) is 4.25. The number of esters is 1. The third-order valence-electron chi connectivity index (χ3n) is 3.94. The van der Waals surface area contributed by atoms with E-state index in [0.29, 0.717) is 12.2 Å². The number of benzene rings is 1. The second-order valence-electron chi connectivity index (χ2n) is 5.85. The average molecular weight is 375 g/mol. The van der Waals surface area contributed by atoms with Gasteiger partial charge in [-0.05, 0) is 31.0 Å². The number of ketones is 1. The first-order valence-corrected chi connectivity index (χ1v) is 8.27. The molecule has 9 nitrogen and oxygen atoms in total. The second kappa shape index (κ2) is 8.35. The van der Waals surface area contributed by atoms with Crippen molar-refractivity contribution in [2.24, 2.45) is 0 Å². The van der Waals surface area contributed by atoms with Gasteiger partial charge >= 0.3 is 11.7 Å². The minimum atomic E-state index is -0.914. The van der Waals surface area contributed by atoms with E-state index < -0.39 is 35.2 Å². The van der Waals surface area contributed by atoms with E-state index >= 15 is 0 Å². The first-order valence-electron chi connectivity index (χ1n) is 8.27. The molecule has 0 saturated carbocycles. The zero-order valence-corrected chi connectivity index (χ0v) is 15.3. The summed E-state index contributed by atoms with van der Waals surface area (Å²) >= 11 is 0. The van der Waals surface area contributed by atoms with E-state index in [2.05, 4.69) is 0 Å². The Balaban J connectivity index is 2.21. The highest BCUT2D eigenvalue weighted by atomic mass is 16.5. The highest BCUT2D eigenvalue weighted by Crippen LogP contribution is 2.19. The average Bonchev–Trinajstić information content (AvgIpc) is 2.63. The SMILES string of the molecule is CCCn1c(N)c(C(=O)COC(=O)c2ccc(C)c(OC)c2)c(=O)[nH]c1=O. The molecule has 0 aliphatic rings. The van der Waals surface area contributed by atoms with Crippen molar-refractivity contribution < 1.29 is 19.1 Å². The van der Waals surface area contributed by atoms with Crippen LogP contribution in [0.25, 0.3) is 0 Å². The quantitative estimate of drug-likeness (QED) is 0.542. The molecule has 0 bridgehead atoms. The predicted octanol–water partition coefficient (Wildman–Crippen LogP) is 0.886. The summed E-state index contributed by atoms with van der Waals surface area (Å²) in [4.78, 5) is 50.3. The molecule has 0 fully saturated rings. The number of aryl methyl sites for hydroxylation is 1. The normalized spacial score (nSPS) is 10.5. The van der Waals surface area contributed by atoms with Gasteiger partial charge in [-0.15, -0.1) is 0 Å². The van der Waals surface area contributed by atoms with Crippen molar-refractivity contribution in [3.8, 4) is 5.75 Å². The molecule has 0 unspecified atom stereocenters.